The van der Waals surface area contributed by atoms with Crippen molar-refractivity contribution in [2.45, 2.75) is 38.8 Å². The molecule has 0 aliphatic rings. The number of benzene rings is 1. The van der Waals surface area contributed by atoms with E-state index in [0.29, 0.717) is 6.04 Å². The van der Waals surface area contributed by atoms with E-state index in [4.69, 9.17) is 4.74 Å². The van der Waals surface area contributed by atoms with Gasteiger partial charge in [-0.3, -0.25) is 0 Å². The highest BCUT2D eigenvalue weighted by Crippen LogP contribution is 2.14. The van der Waals surface area contributed by atoms with Gasteiger partial charge in [-0.1, -0.05) is 12.1 Å². The molecule has 0 fully saturated rings. The normalized spacial score (nSPS) is 13.9. The highest BCUT2D eigenvalue weighted by Gasteiger charge is 2.13. The number of aromatic nitrogens is 3. The monoisotopic (exact) mass is 288 g/mol. The van der Waals surface area contributed by atoms with E-state index in [-0.39, 0.29) is 6.04 Å². The van der Waals surface area contributed by atoms with Gasteiger partial charge in [-0.05, 0) is 44.4 Å². The summed E-state index contributed by atoms with van der Waals surface area (Å²) in [6.07, 6.45) is 3.85. The molecule has 0 saturated carbocycles. The summed E-state index contributed by atoms with van der Waals surface area (Å²) in [5.74, 6) is 1.87. The summed E-state index contributed by atoms with van der Waals surface area (Å²) in [5, 5.41) is 11.6. The van der Waals surface area contributed by atoms with Crippen LogP contribution in [-0.2, 0) is 13.5 Å². The molecule has 2 aromatic rings. The highest BCUT2D eigenvalue weighted by molar-refractivity contribution is 5.27. The van der Waals surface area contributed by atoms with E-state index in [0.717, 1.165) is 24.4 Å². The molecule has 114 valence electrons. The lowest BCUT2D eigenvalue weighted by Gasteiger charge is -2.19. The Morgan fingerprint density at radius 1 is 1.24 bits per heavy atom. The number of ether oxygens (including phenoxy) is 1. The third kappa shape index (κ3) is 4.29. The van der Waals surface area contributed by atoms with Crippen molar-refractivity contribution in [2.75, 3.05) is 7.11 Å². The van der Waals surface area contributed by atoms with Crippen molar-refractivity contribution < 1.29 is 4.74 Å². The molecule has 2 unspecified atom stereocenters. The molecular formula is C16H24N4O. The smallest absolute Gasteiger partial charge is 0.149 e. The zero-order chi connectivity index (χ0) is 15.2. The van der Waals surface area contributed by atoms with Gasteiger partial charge < -0.3 is 14.6 Å². The molecule has 0 aliphatic carbocycles. The molecule has 0 amide bonds. The van der Waals surface area contributed by atoms with Gasteiger partial charge in [0.15, 0.2) is 0 Å². The predicted molar refractivity (Wildman–Crippen MR) is 83.3 cm³/mol. The van der Waals surface area contributed by atoms with E-state index >= 15 is 0 Å². The topological polar surface area (TPSA) is 52.0 Å². The molecule has 1 N–H and O–H groups in total. The first kappa shape index (κ1) is 15.5. The van der Waals surface area contributed by atoms with Gasteiger partial charge in [0.05, 0.1) is 13.2 Å². The van der Waals surface area contributed by atoms with Crippen LogP contribution in [0.25, 0.3) is 0 Å². The van der Waals surface area contributed by atoms with Crippen LogP contribution >= 0.6 is 0 Å². The molecule has 5 nitrogen and oxygen atoms in total. The van der Waals surface area contributed by atoms with Gasteiger partial charge in [-0.25, -0.2) is 0 Å². The number of aryl methyl sites for hydroxylation is 2. The standard InChI is InChI=1S/C16H24N4O/c1-12(18-13(2)16-19-17-11-20(16)3)5-6-14-7-9-15(21-4)10-8-14/h7-13,18H,5-6H2,1-4H3. The minimum absolute atomic E-state index is 0.198. The van der Waals surface area contributed by atoms with E-state index in [1.54, 1.807) is 13.4 Å². The molecule has 0 spiro atoms. The van der Waals surface area contributed by atoms with Gasteiger partial charge in [0.25, 0.3) is 0 Å². The first-order valence-electron chi connectivity index (χ1n) is 7.33. The summed E-state index contributed by atoms with van der Waals surface area (Å²) in [6, 6.07) is 8.88. The minimum atomic E-state index is 0.198. The Balaban J connectivity index is 1.81. The van der Waals surface area contributed by atoms with E-state index in [1.807, 2.05) is 23.7 Å². The maximum absolute atomic E-state index is 5.17. The summed E-state index contributed by atoms with van der Waals surface area (Å²) in [7, 11) is 3.66. The van der Waals surface area contributed by atoms with Gasteiger partial charge in [-0.15, -0.1) is 10.2 Å². The number of hydrogen-bond donors (Lipinski definition) is 1. The fraction of sp³-hybridized carbons (Fsp3) is 0.500. The van der Waals surface area contributed by atoms with Gasteiger partial charge in [0.2, 0.25) is 0 Å². The van der Waals surface area contributed by atoms with Crippen LogP contribution in [-0.4, -0.2) is 27.9 Å². The van der Waals surface area contributed by atoms with Crippen molar-refractivity contribution >= 4 is 0 Å². The second-order valence-corrected chi connectivity index (χ2v) is 5.48. The van der Waals surface area contributed by atoms with E-state index in [2.05, 4.69) is 41.5 Å². The Labute approximate surface area is 126 Å². The molecule has 1 aromatic carbocycles. The average Bonchev–Trinajstić information content (AvgIpc) is 2.92. The van der Waals surface area contributed by atoms with Crippen LogP contribution < -0.4 is 10.1 Å². The molecule has 0 aliphatic heterocycles. The lowest BCUT2D eigenvalue weighted by atomic mass is 10.1. The third-order valence-corrected chi connectivity index (χ3v) is 3.69. The molecule has 5 heteroatoms. The average molecular weight is 288 g/mol. The SMILES string of the molecule is COc1ccc(CCC(C)NC(C)c2nncn2C)cc1. The van der Waals surface area contributed by atoms with Crippen LogP contribution in [0.4, 0.5) is 0 Å². The van der Waals surface area contributed by atoms with E-state index < -0.39 is 0 Å². The summed E-state index contributed by atoms with van der Waals surface area (Å²) in [5.41, 5.74) is 1.33. The van der Waals surface area contributed by atoms with Crippen LogP contribution in [0, 0.1) is 0 Å². The van der Waals surface area contributed by atoms with Gasteiger partial charge in [0, 0.05) is 13.1 Å². The Morgan fingerprint density at radius 2 is 1.95 bits per heavy atom. The summed E-state index contributed by atoms with van der Waals surface area (Å²) >= 11 is 0. The quantitative estimate of drug-likeness (QED) is 0.850. The molecule has 0 saturated heterocycles. The predicted octanol–water partition coefficient (Wildman–Crippen LogP) is 2.50. The summed E-state index contributed by atoms with van der Waals surface area (Å²) in [4.78, 5) is 0. The van der Waals surface area contributed by atoms with Crippen LogP contribution in [0.3, 0.4) is 0 Å². The zero-order valence-corrected chi connectivity index (χ0v) is 13.2. The number of nitrogens with zero attached hydrogens (tertiary/aromatic N) is 3. The van der Waals surface area contributed by atoms with Crippen LogP contribution in [0.2, 0.25) is 0 Å². The number of rotatable bonds is 7. The first-order chi connectivity index (χ1) is 10.1. The maximum atomic E-state index is 5.17. The van der Waals surface area contributed by atoms with Gasteiger partial charge in [-0.2, -0.15) is 0 Å². The minimum Gasteiger partial charge on any atom is -0.497 e. The lowest BCUT2D eigenvalue weighted by Crippen LogP contribution is -2.30. The summed E-state index contributed by atoms with van der Waals surface area (Å²) < 4.78 is 7.12. The van der Waals surface area contributed by atoms with Gasteiger partial charge >= 0.3 is 0 Å². The highest BCUT2D eigenvalue weighted by atomic mass is 16.5. The Hall–Kier alpha value is -1.88. The molecule has 21 heavy (non-hydrogen) atoms. The van der Waals surface area contributed by atoms with Crippen LogP contribution in [0.1, 0.15) is 37.7 Å². The van der Waals surface area contributed by atoms with Crippen LogP contribution in [0.15, 0.2) is 30.6 Å². The van der Waals surface area contributed by atoms with E-state index in [1.165, 1.54) is 5.56 Å². The number of methoxy groups -OCH3 is 1. The van der Waals surface area contributed by atoms with Crippen molar-refractivity contribution in [3.63, 3.8) is 0 Å². The Bertz CT molecular complexity index is 550. The fourth-order valence-corrected chi connectivity index (χ4v) is 2.44. The van der Waals surface area contributed by atoms with Crippen molar-refractivity contribution in [1.29, 1.82) is 0 Å². The largest absolute Gasteiger partial charge is 0.497 e. The molecule has 1 heterocycles. The second-order valence-electron chi connectivity index (χ2n) is 5.48. The second kappa shape index (κ2) is 7.22. The molecule has 1 aromatic heterocycles. The number of nitrogens with one attached hydrogen (secondary N) is 1. The Morgan fingerprint density at radius 3 is 2.52 bits per heavy atom. The number of hydrogen-bond acceptors (Lipinski definition) is 4. The zero-order valence-electron chi connectivity index (χ0n) is 13.2. The summed E-state index contributed by atoms with van der Waals surface area (Å²) in [6.45, 7) is 4.32. The van der Waals surface area contributed by atoms with E-state index in [9.17, 15) is 0 Å². The molecular weight excluding hydrogens is 264 g/mol. The lowest BCUT2D eigenvalue weighted by molar-refractivity contribution is 0.414. The third-order valence-electron chi connectivity index (χ3n) is 3.69. The van der Waals surface area contributed by atoms with Crippen molar-refractivity contribution in [2.24, 2.45) is 7.05 Å². The molecule has 0 bridgehead atoms. The van der Waals surface area contributed by atoms with Gasteiger partial charge in [0.1, 0.15) is 17.9 Å². The van der Waals surface area contributed by atoms with Crippen LogP contribution in [0.5, 0.6) is 5.75 Å². The molecule has 0 radical (unpaired) electrons. The molecule has 2 rings (SSSR count). The van der Waals surface area contributed by atoms with Crippen molar-refractivity contribution in [1.82, 2.24) is 20.1 Å². The maximum Gasteiger partial charge on any atom is 0.149 e. The van der Waals surface area contributed by atoms with Crippen molar-refractivity contribution in [3.8, 4) is 5.75 Å². The van der Waals surface area contributed by atoms with Crippen molar-refractivity contribution in [3.05, 3.63) is 42.0 Å². The molecule has 2 atom stereocenters. The first-order valence-corrected chi connectivity index (χ1v) is 7.33. The fourth-order valence-electron chi connectivity index (χ4n) is 2.44. The Kier molecular flexibility index (Phi) is 5.33.